The summed E-state index contributed by atoms with van der Waals surface area (Å²) in [5.74, 6) is -0.595. The van der Waals surface area contributed by atoms with Crippen molar-refractivity contribution in [2.24, 2.45) is 11.8 Å². The Morgan fingerprint density at radius 3 is 1.97 bits per heavy atom. The molecule has 1 N–H and O–H groups in total. The molecule has 2 fully saturated rings. The molecule has 0 aromatic heterocycles. The third-order valence-electron chi connectivity index (χ3n) is 7.44. The van der Waals surface area contributed by atoms with Gasteiger partial charge in [-0.25, -0.2) is 0 Å². The van der Waals surface area contributed by atoms with Gasteiger partial charge in [0.2, 0.25) is 17.7 Å². The van der Waals surface area contributed by atoms with E-state index in [4.69, 9.17) is 0 Å². The van der Waals surface area contributed by atoms with Crippen LogP contribution in [0.4, 0.5) is 0 Å². The maximum Gasteiger partial charge on any atom is 0.260 e. The molecule has 7 heteroatoms. The molecule has 0 radical (unpaired) electrons. The van der Waals surface area contributed by atoms with E-state index in [0.29, 0.717) is 24.3 Å². The molecule has 2 heterocycles. The average molecular weight is 459 g/mol. The highest BCUT2D eigenvalue weighted by atomic mass is 16.2. The van der Waals surface area contributed by atoms with Gasteiger partial charge in [-0.05, 0) is 41.0 Å². The first-order chi connectivity index (χ1) is 16.3. The van der Waals surface area contributed by atoms with Gasteiger partial charge in [-0.1, -0.05) is 48.5 Å². The molecule has 6 rings (SSSR count). The third kappa shape index (κ3) is 3.26. The van der Waals surface area contributed by atoms with E-state index < -0.39 is 0 Å². The van der Waals surface area contributed by atoms with E-state index in [1.54, 1.807) is 0 Å². The van der Waals surface area contributed by atoms with Crippen molar-refractivity contribution in [1.29, 1.82) is 0 Å². The number of fused-ring (bicyclic) bond motifs is 6. The summed E-state index contributed by atoms with van der Waals surface area (Å²) in [7, 11) is 0. The van der Waals surface area contributed by atoms with Gasteiger partial charge in [0.05, 0.1) is 23.9 Å². The molecule has 4 unspecified atom stereocenters. The van der Waals surface area contributed by atoms with Crippen LogP contribution in [0.25, 0.3) is 0 Å². The van der Waals surface area contributed by atoms with E-state index in [0.717, 1.165) is 29.4 Å². The molecule has 2 aromatic carbocycles. The summed E-state index contributed by atoms with van der Waals surface area (Å²) in [6.45, 7) is 2.86. The quantitative estimate of drug-likeness (QED) is 0.482. The SMILES string of the molecule is CC(=O)N1C(=O)/C(=C\O)C2Cc3ccccc3C21.CC(=O)N1C(=O)CC2Cc3ccccc3C21. The number of hydrogen-bond donors (Lipinski definition) is 1. The number of amides is 4. The van der Waals surface area contributed by atoms with Gasteiger partial charge < -0.3 is 5.11 Å². The fourth-order valence-electron chi connectivity index (χ4n) is 6.13. The number of imide groups is 2. The Hall–Kier alpha value is -3.74. The van der Waals surface area contributed by atoms with Crippen molar-refractivity contribution in [2.45, 2.75) is 45.2 Å². The molecular weight excluding hydrogens is 432 g/mol. The lowest BCUT2D eigenvalue weighted by Crippen LogP contribution is -2.32. The van der Waals surface area contributed by atoms with Crippen LogP contribution in [0.15, 0.2) is 60.4 Å². The number of carbonyl (C=O) groups excluding carboxylic acids is 4. The van der Waals surface area contributed by atoms with E-state index in [2.05, 4.69) is 6.07 Å². The van der Waals surface area contributed by atoms with Gasteiger partial charge in [0.15, 0.2) is 0 Å². The molecule has 0 bridgehead atoms. The maximum absolute atomic E-state index is 12.1. The number of likely N-dealkylation sites (tertiary alicyclic amines) is 2. The predicted octanol–water partition coefficient (Wildman–Crippen LogP) is 3.41. The number of benzene rings is 2. The summed E-state index contributed by atoms with van der Waals surface area (Å²) in [6.07, 6.45) is 2.99. The summed E-state index contributed by atoms with van der Waals surface area (Å²) in [6, 6.07) is 15.7. The monoisotopic (exact) mass is 458 g/mol. The van der Waals surface area contributed by atoms with Crippen LogP contribution in [0.5, 0.6) is 0 Å². The number of rotatable bonds is 0. The normalized spacial score (nSPS) is 27.2. The van der Waals surface area contributed by atoms with E-state index in [1.165, 1.54) is 29.2 Å². The lowest BCUT2D eigenvalue weighted by Gasteiger charge is -2.21. The number of carbonyl (C=O) groups is 4. The largest absolute Gasteiger partial charge is 0.515 e. The Bertz CT molecular complexity index is 1250. The summed E-state index contributed by atoms with van der Waals surface area (Å²) in [4.78, 5) is 49.7. The zero-order chi connectivity index (χ0) is 24.1. The lowest BCUT2D eigenvalue weighted by molar-refractivity contribution is -0.143. The molecule has 2 aliphatic carbocycles. The molecule has 4 amide bonds. The number of aliphatic hydroxyl groups is 1. The molecule has 2 aromatic rings. The number of aliphatic hydroxyl groups excluding tert-OH is 1. The van der Waals surface area contributed by atoms with Crippen molar-refractivity contribution in [3.63, 3.8) is 0 Å². The van der Waals surface area contributed by atoms with E-state index >= 15 is 0 Å². The summed E-state index contributed by atoms with van der Waals surface area (Å²) in [5, 5.41) is 9.24. The van der Waals surface area contributed by atoms with Crippen LogP contribution in [-0.2, 0) is 32.0 Å². The number of nitrogens with zero attached hydrogens (tertiary/aromatic N) is 2. The second-order valence-corrected chi connectivity index (χ2v) is 9.33. The highest BCUT2D eigenvalue weighted by molar-refractivity contribution is 6.07. The standard InChI is InChI=1S/C14H13NO3.C13H13NO2/c1-8(17)15-13-10-5-3-2-4-9(10)6-11(13)12(7-16)14(15)18;1-8(15)14-12(16)7-10-6-9-4-2-3-5-11(9)13(10)14/h2-5,7,11,13,16H,6H2,1H3;2-5,10,13H,6-7H2,1H3/b12-7-;. The second kappa shape index (κ2) is 8.24. The topological polar surface area (TPSA) is 95.0 Å². The van der Waals surface area contributed by atoms with Crippen LogP contribution in [0.1, 0.15) is 54.6 Å². The molecule has 4 aliphatic rings. The van der Waals surface area contributed by atoms with Crippen LogP contribution < -0.4 is 0 Å². The predicted molar refractivity (Wildman–Crippen MR) is 123 cm³/mol. The van der Waals surface area contributed by atoms with Crippen molar-refractivity contribution in [3.05, 3.63) is 82.6 Å². The highest BCUT2D eigenvalue weighted by Gasteiger charge is 2.51. The smallest absolute Gasteiger partial charge is 0.260 e. The Balaban J connectivity index is 0.000000142. The zero-order valence-corrected chi connectivity index (χ0v) is 19.1. The van der Waals surface area contributed by atoms with Crippen LogP contribution in [0.2, 0.25) is 0 Å². The van der Waals surface area contributed by atoms with Crippen molar-refractivity contribution < 1.29 is 24.3 Å². The van der Waals surface area contributed by atoms with Crippen LogP contribution in [-0.4, -0.2) is 38.5 Å². The molecule has 2 aliphatic heterocycles. The van der Waals surface area contributed by atoms with E-state index in [-0.39, 0.29) is 41.6 Å². The first kappa shape index (κ1) is 22.1. The van der Waals surface area contributed by atoms with Gasteiger partial charge in [0.25, 0.3) is 5.91 Å². The van der Waals surface area contributed by atoms with Crippen LogP contribution >= 0.6 is 0 Å². The summed E-state index contributed by atoms with van der Waals surface area (Å²) < 4.78 is 0. The Kier molecular flexibility index (Phi) is 5.35. The molecule has 174 valence electrons. The van der Waals surface area contributed by atoms with Gasteiger partial charge >= 0.3 is 0 Å². The third-order valence-corrected chi connectivity index (χ3v) is 7.44. The van der Waals surface area contributed by atoms with Gasteiger partial charge in [-0.15, -0.1) is 0 Å². The van der Waals surface area contributed by atoms with Crippen LogP contribution in [0, 0.1) is 11.8 Å². The van der Waals surface area contributed by atoms with Gasteiger partial charge in [-0.3, -0.25) is 29.0 Å². The Labute approximate surface area is 197 Å². The summed E-state index contributed by atoms with van der Waals surface area (Å²) >= 11 is 0. The molecule has 2 saturated heterocycles. The fraction of sp³-hybridized carbons (Fsp3) is 0.333. The Morgan fingerprint density at radius 1 is 0.824 bits per heavy atom. The van der Waals surface area contributed by atoms with Crippen molar-refractivity contribution >= 4 is 23.6 Å². The van der Waals surface area contributed by atoms with Crippen molar-refractivity contribution in [1.82, 2.24) is 9.80 Å². The first-order valence-electron chi connectivity index (χ1n) is 11.5. The Morgan fingerprint density at radius 2 is 1.38 bits per heavy atom. The van der Waals surface area contributed by atoms with E-state index in [9.17, 15) is 24.3 Å². The molecule has 0 spiro atoms. The zero-order valence-electron chi connectivity index (χ0n) is 19.1. The average Bonchev–Trinajstić information content (AvgIpc) is 3.50. The molecule has 34 heavy (non-hydrogen) atoms. The molecular formula is C27H26N2O5. The first-order valence-corrected chi connectivity index (χ1v) is 11.5. The fourth-order valence-corrected chi connectivity index (χ4v) is 6.13. The lowest BCUT2D eigenvalue weighted by atomic mass is 9.97. The van der Waals surface area contributed by atoms with Gasteiger partial charge in [0.1, 0.15) is 0 Å². The van der Waals surface area contributed by atoms with Gasteiger partial charge in [-0.2, -0.15) is 0 Å². The minimum absolute atomic E-state index is 0.00111. The number of hydrogen-bond acceptors (Lipinski definition) is 5. The molecule has 0 saturated carbocycles. The minimum Gasteiger partial charge on any atom is -0.515 e. The van der Waals surface area contributed by atoms with Crippen LogP contribution in [0.3, 0.4) is 0 Å². The maximum atomic E-state index is 12.1. The molecule has 4 atom stereocenters. The minimum atomic E-state index is -0.366. The summed E-state index contributed by atoms with van der Waals surface area (Å²) in [5.41, 5.74) is 4.95. The van der Waals surface area contributed by atoms with Crippen molar-refractivity contribution in [3.8, 4) is 0 Å². The van der Waals surface area contributed by atoms with Crippen molar-refractivity contribution in [2.75, 3.05) is 0 Å². The van der Waals surface area contributed by atoms with E-state index in [1.807, 2.05) is 42.5 Å². The highest BCUT2D eigenvalue weighted by Crippen LogP contribution is 2.49. The second-order valence-electron chi connectivity index (χ2n) is 9.33. The molecule has 7 nitrogen and oxygen atoms in total. The van der Waals surface area contributed by atoms with Gasteiger partial charge in [0, 0.05) is 26.2 Å².